The monoisotopic (exact) mass is 526 g/mol. The van der Waals surface area contributed by atoms with Gasteiger partial charge in [-0.25, -0.2) is 0 Å². The Hall–Kier alpha value is -5.17. The maximum atomic E-state index is 9.17. The molecule has 40 heavy (non-hydrogen) atoms. The largest absolute Gasteiger partial charge is 0.311 e. The molecule has 0 unspecified atom stereocenters. The average molecular weight is 527 g/mol. The van der Waals surface area contributed by atoms with E-state index in [1.54, 1.807) is 0 Å². The first-order chi connectivity index (χ1) is 19.8. The van der Waals surface area contributed by atoms with Crippen molar-refractivity contribution in [3.05, 3.63) is 163 Å². The third-order valence-corrected chi connectivity index (χ3v) is 12.8. The van der Waals surface area contributed by atoms with Crippen LogP contribution >= 0.6 is 0 Å². The standard InChI is InChI=1S/C37H26N2Si/c38-27-28-19-21-29(22-20-28)30-23-25-31(26-24-30)39-34-15-7-9-17-36(34)40(32-11-3-1-4-12-32,33-13-5-2-6-14-33)37-18-10-8-16-35(37)39/h1-26H. The van der Waals surface area contributed by atoms with Crippen LogP contribution in [0.25, 0.3) is 11.1 Å². The lowest BCUT2D eigenvalue weighted by Crippen LogP contribution is -2.77. The van der Waals surface area contributed by atoms with Crippen molar-refractivity contribution >= 4 is 45.9 Å². The summed E-state index contributed by atoms with van der Waals surface area (Å²) in [5.41, 5.74) is 6.49. The quantitative estimate of drug-likeness (QED) is 0.249. The Bertz CT molecular complexity index is 1750. The third-order valence-electron chi connectivity index (χ3n) is 7.98. The lowest BCUT2D eigenvalue weighted by atomic mass is 10.0. The van der Waals surface area contributed by atoms with Gasteiger partial charge in [-0.3, -0.25) is 0 Å². The Balaban J connectivity index is 1.45. The van der Waals surface area contributed by atoms with Crippen molar-refractivity contribution < 1.29 is 0 Å². The minimum atomic E-state index is -2.59. The zero-order valence-corrected chi connectivity index (χ0v) is 22.9. The Morgan fingerprint density at radius 1 is 0.450 bits per heavy atom. The molecule has 1 aliphatic heterocycles. The topological polar surface area (TPSA) is 27.0 Å². The van der Waals surface area contributed by atoms with E-state index in [2.05, 4.69) is 144 Å². The van der Waals surface area contributed by atoms with Gasteiger partial charge in [-0.1, -0.05) is 121 Å². The minimum Gasteiger partial charge on any atom is -0.311 e. The molecule has 1 aliphatic rings. The summed E-state index contributed by atoms with van der Waals surface area (Å²) in [6.45, 7) is 0. The van der Waals surface area contributed by atoms with Crippen molar-refractivity contribution in [1.82, 2.24) is 0 Å². The van der Waals surface area contributed by atoms with Crippen molar-refractivity contribution in [1.29, 1.82) is 5.26 Å². The molecule has 0 radical (unpaired) electrons. The smallest absolute Gasteiger partial charge is 0.184 e. The number of nitrogens with zero attached hydrogens (tertiary/aromatic N) is 2. The predicted molar refractivity (Wildman–Crippen MR) is 168 cm³/mol. The highest BCUT2D eigenvalue weighted by molar-refractivity contribution is 7.21. The number of para-hydroxylation sites is 2. The van der Waals surface area contributed by atoms with Gasteiger partial charge in [0.1, 0.15) is 0 Å². The summed E-state index contributed by atoms with van der Waals surface area (Å²) in [5.74, 6) is 0. The number of fused-ring (bicyclic) bond motifs is 2. The van der Waals surface area contributed by atoms with Crippen LogP contribution in [0.5, 0.6) is 0 Å². The molecule has 0 aliphatic carbocycles. The number of nitriles is 1. The van der Waals surface area contributed by atoms with Gasteiger partial charge in [0.15, 0.2) is 8.07 Å². The molecule has 0 N–H and O–H groups in total. The fraction of sp³-hybridized carbons (Fsp3) is 0. The molecule has 188 valence electrons. The van der Waals surface area contributed by atoms with Crippen LogP contribution in [0.3, 0.4) is 0 Å². The van der Waals surface area contributed by atoms with E-state index in [0.29, 0.717) is 5.56 Å². The van der Waals surface area contributed by atoms with Gasteiger partial charge in [-0.15, -0.1) is 0 Å². The van der Waals surface area contributed by atoms with Crippen molar-refractivity contribution in [2.75, 3.05) is 4.90 Å². The second-order valence-corrected chi connectivity index (χ2v) is 13.8. The fourth-order valence-corrected chi connectivity index (χ4v) is 11.3. The molecule has 0 saturated heterocycles. The molecule has 0 fully saturated rings. The van der Waals surface area contributed by atoms with Crippen molar-refractivity contribution in [3.8, 4) is 17.2 Å². The summed E-state index contributed by atoms with van der Waals surface area (Å²) in [4.78, 5) is 2.42. The number of rotatable bonds is 4. The molecule has 0 bridgehead atoms. The third kappa shape index (κ3) is 3.70. The van der Waals surface area contributed by atoms with Crippen LogP contribution in [0.15, 0.2) is 158 Å². The molecule has 1 heterocycles. The number of hydrogen-bond donors (Lipinski definition) is 0. The Kier molecular flexibility index (Phi) is 5.89. The Morgan fingerprint density at radius 3 is 1.35 bits per heavy atom. The van der Waals surface area contributed by atoms with Crippen LogP contribution in [-0.4, -0.2) is 8.07 Å². The molecular weight excluding hydrogens is 501 g/mol. The summed E-state index contributed by atoms with van der Waals surface area (Å²) in [6.07, 6.45) is 0. The van der Waals surface area contributed by atoms with Crippen LogP contribution in [0.1, 0.15) is 5.56 Å². The van der Waals surface area contributed by atoms with E-state index in [9.17, 15) is 0 Å². The second kappa shape index (κ2) is 9.85. The van der Waals surface area contributed by atoms with Gasteiger partial charge in [0.25, 0.3) is 0 Å². The van der Waals surface area contributed by atoms with E-state index in [0.717, 1.165) is 16.8 Å². The van der Waals surface area contributed by atoms with Crippen molar-refractivity contribution in [2.24, 2.45) is 0 Å². The highest BCUT2D eigenvalue weighted by atomic mass is 28.3. The van der Waals surface area contributed by atoms with Crippen molar-refractivity contribution in [2.45, 2.75) is 0 Å². The lowest BCUT2D eigenvalue weighted by Gasteiger charge is -2.45. The highest BCUT2D eigenvalue weighted by Crippen LogP contribution is 2.38. The normalized spacial score (nSPS) is 13.1. The van der Waals surface area contributed by atoms with E-state index >= 15 is 0 Å². The van der Waals surface area contributed by atoms with E-state index < -0.39 is 8.07 Å². The van der Waals surface area contributed by atoms with Crippen LogP contribution in [0.2, 0.25) is 0 Å². The average Bonchev–Trinajstić information content (AvgIpc) is 3.04. The summed E-state index contributed by atoms with van der Waals surface area (Å²) >= 11 is 0. The summed E-state index contributed by atoms with van der Waals surface area (Å²) in [6, 6.07) is 58.8. The Morgan fingerprint density at radius 2 is 0.875 bits per heavy atom. The van der Waals surface area contributed by atoms with Crippen LogP contribution in [0.4, 0.5) is 17.1 Å². The van der Waals surface area contributed by atoms with Crippen LogP contribution in [0, 0.1) is 11.3 Å². The molecule has 0 atom stereocenters. The summed E-state index contributed by atoms with van der Waals surface area (Å²) in [5, 5.41) is 14.7. The molecule has 2 nitrogen and oxygen atoms in total. The first-order valence-electron chi connectivity index (χ1n) is 13.5. The molecule has 0 saturated carbocycles. The fourth-order valence-electron chi connectivity index (χ4n) is 6.23. The first kappa shape index (κ1) is 23.9. The summed E-state index contributed by atoms with van der Waals surface area (Å²) in [7, 11) is -2.59. The van der Waals surface area contributed by atoms with Gasteiger partial charge < -0.3 is 4.90 Å². The second-order valence-electron chi connectivity index (χ2n) is 10.1. The molecule has 0 spiro atoms. The lowest BCUT2D eigenvalue weighted by molar-refractivity contribution is 1.29. The van der Waals surface area contributed by atoms with Gasteiger partial charge in [0, 0.05) is 17.1 Å². The van der Waals surface area contributed by atoms with Gasteiger partial charge in [0.05, 0.1) is 11.6 Å². The van der Waals surface area contributed by atoms with E-state index in [-0.39, 0.29) is 0 Å². The van der Waals surface area contributed by atoms with E-state index in [1.165, 1.54) is 32.1 Å². The molecule has 3 heteroatoms. The molecular formula is C37H26N2Si. The zero-order valence-electron chi connectivity index (χ0n) is 21.9. The molecule has 0 aromatic heterocycles. The van der Waals surface area contributed by atoms with Crippen molar-refractivity contribution in [3.63, 3.8) is 0 Å². The first-order valence-corrected chi connectivity index (χ1v) is 15.5. The zero-order chi connectivity index (χ0) is 26.9. The van der Waals surface area contributed by atoms with Crippen LogP contribution < -0.4 is 25.6 Å². The Labute approximate surface area is 236 Å². The minimum absolute atomic E-state index is 0.673. The number of benzene rings is 6. The number of anilines is 3. The molecule has 6 aromatic rings. The van der Waals surface area contributed by atoms with Gasteiger partial charge in [-0.2, -0.15) is 5.26 Å². The number of hydrogen-bond acceptors (Lipinski definition) is 2. The van der Waals surface area contributed by atoms with Crippen LogP contribution in [-0.2, 0) is 0 Å². The maximum Gasteiger partial charge on any atom is 0.184 e. The van der Waals surface area contributed by atoms with Gasteiger partial charge in [0.2, 0.25) is 0 Å². The highest BCUT2D eigenvalue weighted by Gasteiger charge is 2.48. The molecule has 7 rings (SSSR count). The molecule has 0 amide bonds. The van der Waals surface area contributed by atoms with Gasteiger partial charge in [-0.05, 0) is 68.3 Å². The molecule has 6 aromatic carbocycles. The van der Waals surface area contributed by atoms with E-state index in [1.807, 2.05) is 24.3 Å². The van der Waals surface area contributed by atoms with E-state index in [4.69, 9.17) is 5.26 Å². The summed E-state index contributed by atoms with van der Waals surface area (Å²) < 4.78 is 0. The predicted octanol–water partition coefficient (Wildman–Crippen LogP) is 6.39. The maximum absolute atomic E-state index is 9.17. The van der Waals surface area contributed by atoms with Gasteiger partial charge >= 0.3 is 0 Å². The SMILES string of the molecule is N#Cc1ccc(-c2ccc(N3c4ccccc4[Si](c4ccccc4)(c4ccccc4)c4ccccc43)cc2)cc1.